The molecule has 1 fully saturated rings. The first-order chi connectivity index (χ1) is 7.63. The Morgan fingerprint density at radius 2 is 2.00 bits per heavy atom. The Bertz CT molecular complexity index is 348. The number of alkyl halides is 4. The summed E-state index contributed by atoms with van der Waals surface area (Å²) in [4.78, 5) is 23.5. The van der Waals surface area contributed by atoms with Gasteiger partial charge in [-0.1, -0.05) is 6.92 Å². The van der Waals surface area contributed by atoms with E-state index < -0.39 is 23.7 Å². The van der Waals surface area contributed by atoms with Gasteiger partial charge in [-0.05, 0) is 12.8 Å². The molecule has 1 aliphatic rings. The summed E-state index contributed by atoms with van der Waals surface area (Å²) in [6, 6.07) is -1.04. The molecule has 0 radical (unpaired) electrons. The fourth-order valence-corrected chi connectivity index (χ4v) is 1.51. The second-order valence-electron chi connectivity index (χ2n) is 4.23. The summed E-state index contributed by atoms with van der Waals surface area (Å²) in [6.07, 6.45) is -4.82. The average Bonchev–Trinajstić information content (AvgIpc) is 2.42. The molecule has 1 rings (SSSR count). The van der Waals surface area contributed by atoms with E-state index in [4.69, 9.17) is 11.6 Å². The SMILES string of the molecule is CC(CCl)CN1C(=O)NC(C)(C(F)(F)F)C1=O. The molecule has 17 heavy (non-hydrogen) atoms. The van der Waals surface area contributed by atoms with Crippen molar-refractivity contribution in [2.45, 2.75) is 25.6 Å². The molecular weight excluding hydrogens is 261 g/mol. The molecule has 0 aromatic carbocycles. The number of halogens is 4. The maximum atomic E-state index is 12.7. The Balaban J connectivity index is 2.93. The quantitative estimate of drug-likeness (QED) is 0.628. The molecule has 8 heteroatoms. The molecule has 0 spiro atoms. The number of carbonyl (C=O) groups excluding carboxylic acids is 2. The van der Waals surface area contributed by atoms with E-state index in [2.05, 4.69) is 0 Å². The van der Waals surface area contributed by atoms with Crippen LogP contribution in [-0.4, -0.2) is 41.0 Å². The molecule has 0 aromatic heterocycles. The van der Waals surface area contributed by atoms with Crippen LogP contribution in [0.4, 0.5) is 18.0 Å². The van der Waals surface area contributed by atoms with Crippen LogP contribution in [0.25, 0.3) is 0 Å². The van der Waals surface area contributed by atoms with Crippen LogP contribution in [0.3, 0.4) is 0 Å². The highest BCUT2D eigenvalue weighted by Crippen LogP contribution is 2.35. The maximum absolute atomic E-state index is 12.7. The minimum absolute atomic E-state index is 0.125. The van der Waals surface area contributed by atoms with Crippen molar-refractivity contribution in [3.63, 3.8) is 0 Å². The van der Waals surface area contributed by atoms with E-state index in [-0.39, 0.29) is 18.3 Å². The molecule has 1 N–H and O–H groups in total. The first kappa shape index (κ1) is 14.1. The van der Waals surface area contributed by atoms with Crippen molar-refractivity contribution in [1.29, 1.82) is 0 Å². The highest BCUT2D eigenvalue weighted by Gasteiger charge is 2.64. The Kier molecular flexibility index (Phi) is 3.61. The number of rotatable bonds is 3. The van der Waals surface area contributed by atoms with Crippen LogP contribution in [-0.2, 0) is 4.79 Å². The lowest BCUT2D eigenvalue weighted by Gasteiger charge is -2.24. The normalized spacial score (nSPS) is 27.3. The number of hydrogen-bond acceptors (Lipinski definition) is 2. The van der Waals surface area contributed by atoms with Crippen LogP contribution in [0.15, 0.2) is 0 Å². The number of nitrogens with one attached hydrogen (secondary N) is 1. The predicted molar refractivity (Wildman–Crippen MR) is 54.6 cm³/mol. The Morgan fingerprint density at radius 3 is 2.35 bits per heavy atom. The van der Waals surface area contributed by atoms with Gasteiger partial charge in [-0.15, -0.1) is 11.6 Å². The molecule has 0 bridgehead atoms. The van der Waals surface area contributed by atoms with Crippen LogP contribution < -0.4 is 5.32 Å². The van der Waals surface area contributed by atoms with Crippen molar-refractivity contribution in [2.24, 2.45) is 5.92 Å². The van der Waals surface area contributed by atoms with Gasteiger partial charge in [0.15, 0.2) is 0 Å². The highest BCUT2D eigenvalue weighted by atomic mass is 35.5. The molecule has 1 aliphatic heterocycles. The number of hydrogen-bond donors (Lipinski definition) is 1. The number of urea groups is 1. The summed E-state index contributed by atoms with van der Waals surface area (Å²) < 4.78 is 38.0. The molecule has 0 aromatic rings. The fourth-order valence-electron chi connectivity index (χ4n) is 1.42. The van der Waals surface area contributed by atoms with Gasteiger partial charge < -0.3 is 5.32 Å². The predicted octanol–water partition coefficient (Wildman–Crippen LogP) is 1.73. The Labute approximate surface area is 101 Å². The lowest BCUT2D eigenvalue weighted by atomic mass is 10.0. The van der Waals surface area contributed by atoms with Crippen molar-refractivity contribution in [3.05, 3.63) is 0 Å². The summed E-state index contributed by atoms with van der Waals surface area (Å²) in [5.41, 5.74) is -2.84. The van der Waals surface area contributed by atoms with E-state index in [0.717, 1.165) is 0 Å². The lowest BCUT2D eigenvalue weighted by Crippen LogP contribution is -2.56. The summed E-state index contributed by atoms with van der Waals surface area (Å²) in [7, 11) is 0. The third kappa shape index (κ3) is 2.34. The van der Waals surface area contributed by atoms with E-state index in [1.807, 2.05) is 0 Å². The maximum Gasteiger partial charge on any atom is 0.420 e. The van der Waals surface area contributed by atoms with Gasteiger partial charge in [-0.3, -0.25) is 9.69 Å². The average molecular weight is 273 g/mol. The lowest BCUT2D eigenvalue weighted by molar-refractivity contribution is -0.191. The Morgan fingerprint density at radius 1 is 1.47 bits per heavy atom. The van der Waals surface area contributed by atoms with Crippen LogP contribution >= 0.6 is 11.6 Å². The van der Waals surface area contributed by atoms with E-state index >= 15 is 0 Å². The van der Waals surface area contributed by atoms with Crippen molar-refractivity contribution in [1.82, 2.24) is 10.2 Å². The zero-order valence-corrected chi connectivity index (χ0v) is 10.0. The molecule has 98 valence electrons. The zero-order chi connectivity index (χ0) is 13.4. The molecule has 3 amide bonds. The van der Waals surface area contributed by atoms with Gasteiger partial charge in [0.25, 0.3) is 5.91 Å². The van der Waals surface area contributed by atoms with Crippen LogP contribution in [0.2, 0.25) is 0 Å². The van der Waals surface area contributed by atoms with Crippen molar-refractivity contribution in [3.8, 4) is 0 Å². The minimum Gasteiger partial charge on any atom is -0.316 e. The van der Waals surface area contributed by atoms with Gasteiger partial charge in [-0.25, -0.2) is 4.79 Å². The van der Waals surface area contributed by atoms with Crippen molar-refractivity contribution < 1.29 is 22.8 Å². The monoisotopic (exact) mass is 272 g/mol. The molecule has 1 saturated heterocycles. The van der Waals surface area contributed by atoms with Gasteiger partial charge in [0.1, 0.15) is 0 Å². The Hall–Kier alpha value is -0.980. The number of imide groups is 1. The summed E-state index contributed by atoms with van der Waals surface area (Å²) in [5.74, 6) is -1.39. The highest BCUT2D eigenvalue weighted by molar-refractivity contribution is 6.18. The van der Waals surface area contributed by atoms with E-state index in [9.17, 15) is 22.8 Å². The fraction of sp³-hybridized carbons (Fsp3) is 0.778. The van der Waals surface area contributed by atoms with Crippen molar-refractivity contribution in [2.75, 3.05) is 12.4 Å². The second kappa shape index (κ2) is 4.36. The van der Waals surface area contributed by atoms with Gasteiger partial charge >= 0.3 is 12.2 Å². The first-order valence-corrected chi connectivity index (χ1v) is 5.43. The standard InChI is InChI=1S/C9H12ClF3N2O2/c1-5(3-10)4-15-6(16)8(2,9(11,12)13)14-7(15)17/h5H,3-4H2,1-2H3,(H,14,17). The molecule has 2 unspecified atom stereocenters. The summed E-state index contributed by atoms with van der Waals surface area (Å²) in [6.45, 7) is 2.16. The minimum atomic E-state index is -4.82. The molecule has 0 saturated carbocycles. The molecule has 1 heterocycles. The van der Waals surface area contributed by atoms with Crippen molar-refractivity contribution >= 4 is 23.5 Å². The molecule has 0 aliphatic carbocycles. The van der Waals surface area contributed by atoms with Crippen LogP contribution in [0, 0.1) is 5.92 Å². The van der Waals surface area contributed by atoms with Gasteiger partial charge in [0.05, 0.1) is 0 Å². The van der Waals surface area contributed by atoms with E-state index in [1.54, 1.807) is 12.2 Å². The molecule has 2 atom stereocenters. The summed E-state index contributed by atoms with van der Waals surface area (Å²) >= 11 is 5.49. The van der Waals surface area contributed by atoms with Crippen LogP contribution in [0.5, 0.6) is 0 Å². The second-order valence-corrected chi connectivity index (χ2v) is 4.54. The van der Waals surface area contributed by atoms with Gasteiger partial charge in [-0.2, -0.15) is 13.2 Å². The van der Waals surface area contributed by atoms with Gasteiger partial charge in [0, 0.05) is 12.4 Å². The van der Waals surface area contributed by atoms with Gasteiger partial charge in [0.2, 0.25) is 5.54 Å². The van der Waals surface area contributed by atoms with E-state index in [1.165, 1.54) is 0 Å². The van der Waals surface area contributed by atoms with E-state index in [0.29, 0.717) is 11.8 Å². The zero-order valence-electron chi connectivity index (χ0n) is 9.27. The van der Waals surface area contributed by atoms with Crippen LogP contribution in [0.1, 0.15) is 13.8 Å². The third-order valence-electron chi connectivity index (χ3n) is 2.60. The number of carbonyl (C=O) groups is 2. The molecule has 4 nitrogen and oxygen atoms in total. The number of amides is 3. The topological polar surface area (TPSA) is 49.4 Å². The molecular formula is C9H12ClF3N2O2. The number of nitrogens with zero attached hydrogens (tertiary/aromatic N) is 1. The third-order valence-corrected chi connectivity index (χ3v) is 3.13. The summed E-state index contributed by atoms with van der Waals surface area (Å²) in [5, 5.41) is 1.67. The largest absolute Gasteiger partial charge is 0.420 e. The first-order valence-electron chi connectivity index (χ1n) is 4.90. The smallest absolute Gasteiger partial charge is 0.316 e.